The lowest BCUT2D eigenvalue weighted by Gasteiger charge is -2.54. The molecule has 0 spiro atoms. The second kappa shape index (κ2) is 5.76. The predicted molar refractivity (Wildman–Crippen MR) is 98.8 cm³/mol. The number of halogens is 1. The van der Waals surface area contributed by atoms with Gasteiger partial charge in [-0.05, 0) is 50.0 Å². The first-order valence-electron chi connectivity index (χ1n) is 9.62. The third-order valence-electron chi connectivity index (χ3n) is 8.10. The van der Waals surface area contributed by atoms with Gasteiger partial charge in [0.15, 0.2) is 17.2 Å². The lowest BCUT2D eigenvalue weighted by Crippen LogP contribution is -2.59. The van der Waals surface area contributed by atoms with Crippen LogP contribution in [-0.4, -0.2) is 39.4 Å². The van der Waals surface area contributed by atoms with E-state index in [1.807, 2.05) is 13.0 Å². The highest BCUT2D eigenvalue weighted by Gasteiger charge is 2.68. The first kappa shape index (κ1) is 18.4. The van der Waals surface area contributed by atoms with Crippen molar-refractivity contribution < 1.29 is 19.8 Å². The number of aliphatic hydroxyl groups excluding tert-OH is 1. The van der Waals surface area contributed by atoms with Crippen LogP contribution in [0.2, 0.25) is 0 Å². The van der Waals surface area contributed by atoms with Gasteiger partial charge < -0.3 is 10.2 Å². The van der Waals surface area contributed by atoms with E-state index in [0.717, 1.165) is 19.3 Å². The Balaban J connectivity index is 1.78. The van der Waals surface area contributed by atoms with Gasteiger partial charge in [0.1, 0.15) is 0 Å². The summed E-state index contributed by atoms with van der Waals surface area (Å²) in [6.45, 7) is 4.16. The standard InChI is InChI=1S/C21H27ClO4/c1-19-7-5-13(23)9-12(19)3-4-14-15(19)6-8-20(2)16(14)10-17(24)21(20,26)18(25)11-22/h6,9,14,16-17,24,26H,3-5,7-8,10-11H2,1-2H3. The zero-order valence-corrected chi connectivity index (χ0v) is 16.2. The van der Waals surface area contributed by atoms with Crippen molar-refractivity contribution in [3.63, 3.8) is 0 Å². The van der Waals surface area contributed by atoms with E-state index in [1.165, 1.54) is 11.1 Å². The number of hydrogen-bond donors (Lipinski definition) is 2. The summed E-state index contributed by atoms with van der Waals surface area (Å²) in [4.78, 5) is 24.4. The molecule has 142 valence electrons. The van der Waals surface area contributed by atoms with Gasteiger partial charge >= 0.3 is 0 Å². The maximum atomic E-state index is 12.5. The van der Waals surface area contributed by atoms with Gasteiger partial charge in [-0.25, -0.2) is 0 Å². The third-order valence-corrected chi connectivity index (χ3v) is 8.35. The van der Waals surface area contributed by atoms with Gasteiger partial charge in [0.25, 0.3) is 0 Å². The molecule has 4 rings (SSSR count). The molecular formula is C21H27ClO4. The Labute approximate surface area is 159 Å². The van der Waals surface area contributed by atoms with Crippen LogP contribution in [0.4, 0.5) is 0 Å². The van der Waals surface area contributed by atoms with Crippen molar-refractivity contribution in [1.82, 2.24) is 0 Å². The summed E-state index contributed by atoms with van der Waals surface area (Å²) in [5.74, 6) is -0.263. The first-order chi connectivity index (χ1) is 12.2. The zero-order chi connectivity index (χ0) is 18.9. The van der Waals surface area contributed by atoms with E-state index in [9.17, 15) is 19.8 Å². The van der Waals surface area contributed by atoms with Gasteiger partial charge in [0.05, 0.1) is 12.0 Å². The van der Waals surface area contributed by atoms with Crippen LogP contribution in [0.5, 0.6) is 0 Å². The topological polar surface area (TPSA) is 74.6 Å². The molecule has 0 amide bonds. The molecule has 4 aliphatic carbocycles. The summed E-state index contributed by atoms with van der Waals surface area (Å²) in [6, 6.07) is 0. The van der Waals surface area contributed by atoms with E-state index in [4.69, 9.17) is 11.6 Å². The summed E-state index contributed by atoms with van der Waals surface area (Å²) in [6.07, 6.45) is 7.10. The first-order valence-corrected chi connectivity index (χ1v) is 10.2. The summed E-state index contributed by atoms with van der Waals surface area (Å²) < 4.78 is 0. The number of hydrogen-bond acceptors (Lipinski definition) is 4. The summed E-state index contributed by atoms with van der Waals surface area (Å²) >= 11 is 5.77. The molecule has 0 heterocycles. The molecule has 4 nitrogen and oxygen atoms in total. The average Bonchev–Trinajstić information content (AvgIpc) is 2.83. The van der Waals surface area contributed by atoms with Crippen molar-refractivity contribution in [2.24, 2.45) is 22.7 Å². The molecule has 4 aliphatic rings. The monoisotopic (exact) mass is 378 g/mol. The number of allylic oxidation sites excluding steroid dienone is 4. The minimum absolute atomic E-state index is 0.0469. The Morgan fingerprint density at radius 3 is 2.77 bits per heavy atom. The fraction of sp³-hybridized carbons (Fsp3) is 0.714. The fourth-order valence-corrected chi connectivity index (χ4v) is 6.69. The molecular weight excluding hydrogens is 352 g/mol. The highest BCUT2D eigenvalue weighted by atomic mass is 35.5. The minimum atomic E-state index is -1.78. The molecule has 0 aromatic rings. The molecule has 6 unspecified atom stereocenters. The molecule has 2 saturated carbocycles. The number of alkyl halides is 1. The number of Topliss-reactive ketones (excluding diaryl/α,β-unsaturated/α-hetero) is 1. The molecule has 0 bridgehead atoms. The summed E-state index contributed by atoms with van der Waals surface area (Å²) in [7, 11) is 0. The molecule has 0 aromatic carbocycles. The number of rotatable bonds is 2. The van der Waals surface area contributed by atoms with Gasteiger partial charge in [-0.1, -0.05) is 31.1 Å². The molecule has 5 heteroatoms. The van der Waals surface area contributed by atoms with Crippen molar-refractivity contribution in [2.75, 3.05) is 5.88 Å². The van der Waals surface area contributed by atoms with Crippen molar-refractivity contribution in [1.29, 1.82) is 0 Å². The van der Waals surface area contributed by atoms with Gasteiger partial charge in [-0.3, -0.25) is 9.59 Å². The number of fused-ring (bicyclic) bond motifs is 5. The highest BCUT2D eigenvalue weighted by molar-refractivity contribution is 6.29. The molecule has 2 fully saturated rings. The van der Waals surface area contributed by atoms with E-state index in [2.05, 4.69) is 13.0 Å². The van der Waals surface area contributed by atoms with Gasteiger partial charge in [-0.15, -0.1) is 11.6 Å². The molecule has 0 radical (unpaired) electrons. The molecule has 2 N–H and O–H groups in total. The number of carbonyl (C=O) groups is 2. The van der Waals surface area contributed by atoms with Crippen molar-refractivity contribution >= 4 is 23.2 Å². The molecule has 6 atom stereocenters. The maximum absolute atomic E-state index is 12.5. The quantitative estimate of drug-likeness (QED) is 0.572. The molecule has 26 heavy (non-hydrogen) atoms. The van der Waals surface area contributed by atoms with Crippen molar-refractivity contribution in [3.05, 3.63) is 23.3 Å². The molecule has 0 aliphatic heterocycles. The Bertz CT molecular complexity index is 740. The maximum Gasteiger partial charge on any atom is 0.182 e. The lowest BCUT2D eigenvalue weighted by molar-refractivity contribution is -0.164. The van der Waals surface area contributed by atoms with Crippen LogP contribution in [-0.2, 0) is 9.59 Å². The Morgan fingerprint density at radius 1 is 1.35 bits per heavy atom. The fourth-order valence-electron chi connectivity index (χ4n) is 6.49. The van der Waals surface area contributed by atoms with E-state index in [1.54, 1.807) is 0 Å². The summed E-state index contributed by atoms with van der Waals surface area (Å²) in [5, 5.41) is 21.9. The van der Waals surface area contributed by atoms with Crippen LogP contribution in [0.1, 0.15) is 52.4 Å². The third kappa shape index (κ3) is 2.10. The van der Waals surface area contributed by atoms with Crippen LogP contribution in [0, 0.1) is 22.7 Å². The molecule has 0 aromatic heterocycles. The van der Waals surface area contributed by atoms with E-state index < -0.39 is 22.9 Å². The van der Waals surface area contributed by atoms with Crippen LogP contribution < -0.4 is 0 Å². The van der Waals surface area contributed by atoms with Crippen molar-refractivity contribution in [2.45, 2.75) is 64.1 Å². The number of aliphatic hydroxyl groups is 2. The smallest absolute Gasteiger partial charge is 0.182 e. The van der Waals surface area contributed by atoms with Gasteiger partial charge in [0.2, 0.25) is 0 Å². The summed E-state index contributed by atoms with van der Waals surface area (Å²) in [5.41, 5.74) is 0.000814. The molecule has 0 saturated heterocycles. The predicted octanol–water partition coefficient (Wildman–Crippen LogP) is 2.95. The second-order valence-corrected chi connectivity index (χ2v) is 9.34. The van der Waals surface area contributed by atoms with Crippen LogP contribution in [0.15, 0.2) is 23.3 Å². The SMILES string of the molecule is CC12CCC(=O)C=C1CCC1C2=CCC2(C)C1CC(O)C2(O)C(=O)CCl. The second-order valence-electron chi connectivity index (χ2n) is 9.08. The largest absolute Gasteiger partial charge is 0.390 e. The van der Waals surface area contributed by atoms with Gasteiger partial charge in [0, 0.05) is 17.3 Å². The normalized spacial score (nSPS) is 47.4. The Kier molecular flexibility index (Phi) is 4.08. The Morgan fingerprint density at radius 2 is 2.08 bits per heavy atom. The zero-order valence-electron chi connectivity index (χ0n) is 15.4. The average molecular weight is 379 g/mol. The van der Waals surface area contributed by atoms with E-state index in [0.29, 0.717) is 19.3 Å². The van der Waals surface area contributed by atoms with E-state index >= 15 is 0 Å². The number of carbonyl (C=O) groups excluding carboxylic acids is 2. The number of ketones is 2. The van der Waals surface area contributed by atoms with Crippen LogP contribution in [0.25, 0.3) is 0 Å². The van der Waals surface area contributed by atoms with Gasteiger partial charge in [-0.2, -0.15) is 0 Å². The Hall–Kier alpha value is -0.970. The minimum Gasteiger partial charge on any atom is -0.390 e. The van der Waals surface area contributed by atoms with E-state index in [-0.39, 0.29) is 28.9 Å². The highest BCUT2D eigenvalue weighted by Crippen LogP contribution is 2.65. The lowest BCUT2D eigenvalue weighted by atomic mass is 9.50. The van der Waals surface area contributed by atoms with Crippen molar-refractivity contribution in [3.8, 4) is 0 Å². The van der Waals surface area contributed by atoms with Crippen LogP contribution in [0.3, 0.4) is 0 Å². The van der Waals surface area contributed by atoms with Crippen LogP contribution >= 0.6 is 11.6 Å².